The highest BCUT2D eigenvalue weighted by Crippen LogP contribution is 2.37. The number of fused-ring (bicyclic) bond motifs is 1. The van der Waals surface area contributed by atoms with Crippen LogP contribution in [0.3, 0.4) is 0 Å². The summed E-state index contributed by atoms with van der Waals surface area (Å²) in [6, 6.07) is 4.56. The van der Waals surface area contributed by atoms with E-state index in [1.807, 2.05) is 13.8 Å². The van der Waals surface area contributed by atoms with E-state index < -0.39 is 5.82 Å². The molecule has 0 spiro atoms. The fraction of sp³-hybridized carbons (Fsp3) is 0.316. The molecule has 1 aromatic carbocycles. The summed E-state index contributed by atoms with van der Waals surface area (Å²) in [6.07, 6.45) is 2.29. The van der Waals surface area contributed by atoms with Crippen molar-refractivity contribution in [3.63, 3.8) is 0 Å². The largest absolute Gasteiger partial charge is 0.356 e. The molecule has 2 aromatic heterocycles. The van der Waals surface area contributed by atoms with Crippen molar-refractivity contribution in [2.24, 2.45) is 0 Å². The molecule has 0 radical (unpaired) electrons. The summed E-state index contributed by atoms with van der Waals surface area (Å²) >= 11 is 4.54. The minimum absolute atomic E-state index is 0.155. The second kappa shape index (κ2) is 7.16. The van der Waals surface area contributed by atoms with Crippen LogP contribution in [0.5, 0.6) is 0 Å². The molecule has 1 aliphatic rings. The summed E-state index contributed by atoms with van der Waals surface area (Å²) in [5, 5.41) is 3.60. The molecule has 1 N–H and O–H groups in total. The number of hydrogen-bond acceptors (Lipinski definition) is 5. The summed E-state index contributed by atoms with van der Waals surface area (Å²) in [4.78, 5) is 25.6. The number of amides is 1. The van der Waals surface area contributed by atoms with Gasteiger partial charge in [-0.25, -0.2) is 14.4 Å². The van der Waals surface area contributed by atoms with E-state index in [-0.39, 0.29) is 11.6 Å². The van der Waals surface area contributed by atoms with Crippen molar-refractivity contribution in [3.8, 4) is 0 Å². The molecule has 140 valence electrons. The first-order valence-electron chi connectivity index (χ1n) is 8.73. The minimum Gasteiger partial charge on any atom is -0.356 e. The Morgan fingerprint density at radius 1 is 1.26 bits per heavy atom. The van der Waals surface area contributed by atoms with E-state index in [9.17, 15) is 9.18 Å². The number of aryl methyl sites for hydroxylation is 2. The molecule has 1 fully saturated rings. The fourth-order valence-electron chi connectivity index (χ4n) is 3.37. The van der Waals surface area contributed by atoms with Crippen molar-refractivity contribution >= 4 is 54.9 Å². The maximum atomic E-state index is 14.1. The molecule has 0 aliphatic carbocycles. The number of nitrogens with one attached hydrogen (secondary N) is 1. The van der Waals surface area contributed by atoms with Gasteiger partial charge in [-0.1, -0.05) is 15.9 Å². The van der Waals surface area contributed by atoms with Gasteiger partial charge in [0, 0.05) is 17.6 Å². The number of carbonyl (C=O) groups excluding carboxylic acids is 1. The van der Waals surface area contributed by atoms with Crippen molar-refractivity contribution in [1.29, 1.82) is 0 Å². The van der Waals surface area contributed by atoms with Gasteiger partial charge in [0.05, 0.1) is 16.0 Å². The first kappa shape index (κ1) is 18.3. The Morgan fingerprint density at radius 2 is 2.00 bits per heavy atom. The average molecular weight is 449 g/mol. The molecule has 3 aromatic rings. The molecule has 0 unspecified atom stereocenters. The lowest BCUT2D eigenvalue weighted by molar-refractivity contribution is 0.102. The lowest BCUT2D eigenvalue weighted by atomic mass is 10.2. The Kier molecular flexibility index (Phi) is 4.86. The summed E-state index contributed by atoms with van der Waals surface area (Å²) in [6.45, 7) is 5.70. The number of aromatic nitrogens is 2. The Labute approximate surface area is 168 Å². The van der Waals surface area contributed by atoms with E-state index in [0.29, 0.717) is 15.2 Å². The van der Waals surface area contributed by atoms with Gasteiger partial charge in [0.1, 0.15) is 22.3 Å². The SMILES string of the molecule is Cc1nc(N2CCCC2)c2c(C)c(C(=O)Nc3ccc(Br)cc3F)sc2n1. The second-order valence-electron chi connectivity index (χ2n) is 6.60. The van der Waals surface area contributed by atoms with Crippen molar-refractivity contribution < 1.29 is 9.18 Å². The van der Waals surface area contributed by atoms with Gasteiger partial charge in [-0.05, 0) is 50.5 Å². The number of thiophene rings is 1. The molecule has 0 atom stereocenters. The normalized spacial score (nSPS) is 14.1. The fourth-order valence-corrected chi connectivity index (χ4v) is 4.82. The Balaban J connectivity index is 1.75. The molecule has 27 heavy (non-hydrogen) atoms. The van der Waals surface area contributed by atoms with E-state index in [1.54, 1.807) is 12.1 Å². The smallest absolute Gasteiger partial charge is 0.266 e. The van der Waals surface area contributed by atoms with Gasteiger partial charge in [0.15, 0.2) is 0 Å². The highest BCUT2D eigenvalue weighted by atomic mass is 79.9. The van der Waals surface area contributed by atoms with Crippen molar-refractivity contribution in [2.45, 2.75) is 26.7 Å². The molecule has 1 saturated heterocycles. The monoisotopic (exact) mass is 448 g/mol. The molecule has 1 aliphatic heterocycles. The molecular formula is C19H18BrFN4OS. The first-order valence-corrected chi connectivity index (χ1v) is 10.3. The predicted molar refractivity (Wildman–Crippen MR) is 110 cm³/mol. The number of nitrogens with zero attached hydrogens (tertiary/aromatic N) is 3. The third-order valence-electron chi connectivity index (χ3n) is 4.67. The zero-order valence-corrected chi connectivity index (χ0v) is 17.4. The van der Waals surface area contributed by atoms with Gasteiger partial charge in [0.25, 0.3) is 5.91 Å². The summed E-state index contributed by atoms with van der Waals surface area (Å²) < 4.78 is 14.7. The Morgan fingerprint density at radius 3 is 2.70 bits per heavy atom. The number of benzene rings is 1. The van der Waals surface area contributed by atoms with Gasteiger partial charge < -0.3 is 10.2 Å². The number of carbonyl (C=O) groups is 1. The molecule has 0 saturated carbocycles. The molecule has 5 nitrogen and oxygen atoms in total. The predicted octanol–water partition coefficient (Wildman–Crippen LogP) is 5.06. The van der Waals surface area contributed by atoms with Crippen LogP contribution in [0.1, 0.15) is 33.9 Å². The van der Waals surface area contributed by atoms with E-state index in [2.05, 4.69) is 36.1 Å². The van der Waals surface area contributed by atoms with Crippen molar-refractivity contribution in [3.05, 3.63) is 44.8 Å². The maximum Gasteiger partial charge on any atom is 0.266 e. The van der Waals surface area contributed by atoms with Crippen LogP contribution in [-0.2, 0) is 0 Å². The summed E-state index contributed by atoms with van der Waals surface area (Å²) in [5.41, 5.74) is 0.994. The molecular weight excluding hydrogens is 431 g/mol. The van der Waals surface area contributed by atoms with Crippen LogP contribution in [0, 0.1) is 19.7 Å². The summed E-state index contributed by atoms with van der Waals surface area (Å²) in [5.74, 6) is 0.779. The van der Waals surface area contributed by atoms with E-state index in [1.165, 1.54) is 17.4 Å². The lowest BCUT2D eigenvalue weighted by Gasteiger charge is -2.18. The van der Waals surface area contributed by atoms with Crippen LogP contribution in [-0.4, -0.2) is 29.0 Å². The third-order valence-corrected chi connectivity index (χ3v) is 6.35. The molecule has 0 bridgehead atoms. The quantitative estimate of drug-likeness (QED) is 0.607. The number of hydrogen-bond donors (Lipinski definition) is 1. The maximum absolute atomic E-state index is 14.1. The van der Waals surface area contributed by atoms with Crippen LogP contribution in [0.2, 0.25) is 0 Å². The second-order valence-corrected chi connectivity index (χ2v) is 8.52. The minimum atomic E-state index is -0.482. The highest BCUT2D eigenvalue weighted by Gasteiger charge is 2.24. The van der Waals surface area contributed by atoms with Crippen LogP contribution in [0.25, 0.3) is 10.2 Å². The number of rotatable bonds is 3. The highest BCUT2D eigenvalue weighted by molar-refractivity contribution is 9.10. The molecule has 8 heteroatoms. The van der Waals surface area contributed by atoms with E-state index in [0.717, 1.165) is 47.5 Å². The first-order chi connectivity index (χ1) is 12.9. The van der Waals surface area contributed by atoms with Crippen LogP contribution >= 0.6 is 27.3 Å². The number of anilines is 2. The average Bonchev–Trinajstić information content (AvgIpc) is 3.25. The Hall–Kier alpha value is -2.06. The van der Waals surface area contributed by atoms with Crippen LogP contribution < -0.4 is 10.2 Å². The standard InChI is InChI=1S/C19H18BrFN4OS/c1-10-15-17(25-7-3-4-8-25)22-11(2)23-19(15)27-16(10)18(26)24-14-6-5-12(20)9-13(14)21/h5-6,9H,3-4,7-8H2,1-2H3,(H,24,26). The van der Waals surface area contributed by atoms with Crippen LogP contribution in [0.15, 0.2) is 22.7 Å². The lowest BCUT2D eigenvalue weighted by Crippen LogP contribution is -2.20. The van der Waals surface area contributed by atoms with Gasteiger partial charge in [-0.15, -0.1) is 11.3 Å². The third kappa shape index (κ3) is 3.43. The van der Waals surface area contributed by atoms with Gasteiger partial charge in [0.2, 0.25) is 0 Å². The Bertz CT molecular complexity index is 1050. The zero-order chi connectivity index (χ0) is 19.1. The molecule has 3 heterocycles. The van der Waals surface area contributed by atoms with Gasteiger partial charge in [-0.3, -0.25) is 4.79 Å². The van der Waals surface area contributed by atoms with Crippen LogP contribution in [0.4, 0.5) is 15.9 Å². The summed E-state index contributed by atoms with van der Waals surface area (Å²) in [7, 11) is 0. The van der Waals surface area contributed by atoms with Gasteiger partial charge >= 0.3 is 0 Å². The number of halogens is 2. The topological polar surface area (TPSA) is 58.1 Å². The zero-order valence-electron chi connectivity index (χ0n) is 15.0. The van der Waals surface area contributed by atoms with E-state index >= 15 is 0 Å². The molecule has 4 rings (SSSR count). The van der Waals surface area contributed by atoms with E-state index in [4.69, 9.17) is 0 Å². The molecule has 1 amide bonds. The van der Waals surface area contributed by atoms with Gasteiger partial charge in [-0.2, -0.15) is 0 Å². The van der Waals surface area contributed by atoms with Crippen molar-refractivity contribution in [1.82, 2.24) is 9.97 Å². The van der Waals surface area contributed by atoms with Crippen molar-refractivity contribution in [2.75, 3.05) is 23.3 Å².